The fraction of sp³-hybridized carbons (Fsp3) is 0.167. The first-order valence-corrected chi connectivity index (χ1v) is 8.34. The molecule has 0 aliphatic carbocycles. The van der Waals surface area contributed by atoms with Crippen molar-refractivity contribution in [1.29, 1.82) is 10.7 Å². The first-order valence-electron chi connectivity index (χ1n) is 7.96. The summed E-state index contributed by atoms with van der Waals surface area (Å²) in [6.45, 7) is 1.73. The molecule has 0 aliphatic heterocycles. The third kappa shape index (κ3) is 3.32. The second-order valence-corrected chi connectivity index (χ2v) is 6.18. The molecule has 136 valence electrons. The maximum absolute atomic E-state index is 13.1. The summed E-state index contributed by atoms with van der Waals surface area (Å²) < 4.78 is 6.23. The van der Waals surface area contributed by atoms with Gasteiger partial charge in [-0.1, -0.05) is 28.9 Å². The standard InChI is InChI=1S/C18H15ClN6O2/c1-10(23-17(22)12(8-20)9-21)14-7-11-3-2-4-13(19)16(11)18(26)25(14)15-5-6-27-24-15/h2-8,10,12,20H,1H3,(H2,22,23). The largest absolute Gasteiger partial charge is 0.386 e. The summed E-state index contributed by atoms with van der Waals surface area (Å²) >= 11 is 6.23. The van der Waals surface area contributed by atoms with Gasteiger partial charge < -0.3 is 15.7 Å². The van der Waals surface area contributed by atoms with E-state index >= 15 is 0 Å². The lowest BCUT2D eigenvalue weighted by molar-refractivity contribution is 0.415. The molecule has 3 rings (SSSR count). The normalized spacial score (nSPS) is 13.9. The van der Waals surface area contributed by atoms with Crippen molar-refractivity contribution in [3.05, 3.63) is 57.7 Å². The summed E-state index contributed by atoms with van der Waals surface area (Å²) in [7, 11) is 0. The number of halogens is 1. The second-order valence-electron chi connectivity index (χ2n) is 5.77. The van der Waals surface area contributed by atoms with Crippen molar-refractivity contribution in [2.24, 2.45) is 16.6 Å². The zero-order valence-corrected chi connectivity index (χ0v) is 15.0. The number of hydrogen-bond acceptors (Lipinski definition) is 6. The number of hydrogen-bond donors (Lipinski definition) is 2. The van der Waals surface area contributed by atoms with Gasteiger partial charge in [0.1, 0.15) is 18.0 Å². The number of nitrogens with two attached hydrogens (primary N) is 1. The number of pyridine rings is 1. The third-order valence-corrected chi connectivity index (χ3v) is 4.39. The van der Waals surface area contributed by atoms with Crippen molar-refractivity contribution in [2.75, 3.05) is 0 Å². The quantitative estimate of drug-likeness (QED) is 0.516. The van der Waals surface area contributed by atoms with Gasteiger partial charge in [-0.25, -0.2) is 0 Å². The van der Waals surface area contributed by atoms with Crippen molar-refractivity contribution >= 4 is 34.4 Å². The predicted molar refractivity (Wildman–Crippen MR) is 103 cm³/mol. The number of amidine groups is 1. The molecule has 0 spiro atoms. The van der Waals surface area contributed by atoms with E-state index < -0.39 is 12.0 Å². The fourth-order valence-corrected chi connectivity index (χ4v) is 3.03. The van der Waals surface area contributed by atoms with Gasteiger partial charge in [-0.05, 0) is 24.4 Å². The Morgan fingerprint density at radius 2 is 2.30 bits per heavy atom. The van der Waals surface area contributed by atoms with E-state index in [2.05, 4.69) is 10.1 Å². The molecule has 0 radical (unpaired) electrons. The van der Waals surface area contributed by atoms with E-state index in [4.69, 9.17) is 32.5 Å². The summed E-state index contributed by atoms with van der Waals surface area (Å²) in [5.74, 6) is -0.666. The summed E-state index contributed by atoms with van der Waals surface area (Å²) in [6, 6.07) is 9.77. The highest BCUT2D eigenvalue weighted by Gasteiger charge is 2.20. The van der Waals surface area contributed by atoms with Crippen LogP contribution in [0.3, 0.4) is 0 Å². The van der Waals surface area contributed by atoms with Gasteiger partial charge in [0.25, 0.3) is 5.56 Å². The van der Waals surface area contributed by atoms with Gasteiger partial charge in [0.05, 0.1) is 28.2 Å². The lowest BCUT2D eigenvalue weighted by Gasteiger charge is -2.16. The van der Waals surface area contributed by atoms with Gasteiger partial charge in [0, 0.05) is 12.3 Å². The minimum absolute atomic E-state index is 0.00894. The Balaban J connectivity index is 2.28. The lowest BCUT2D eigenvalue weighted by atomic mass is 10.1. The monoisotopic (exact) mass is 382 g/mol. The molecule has 0 amide bonds. The van der Waals surface area contributed by atoms with Crippen LogP contribution < -0.4 is 11.3 Å². The van der Waals surface area contributed by atoms with Gasteiger partial charge in [-0.15, -0.1) is 0 Å². The van der Waals surface area contributed by atoms with Crippen LogP contribution in [0, 0.1) is 22.7 Å². The summed E-state index contributed by atoms with van der Waals surface area (Å²) in [5, 5.41) is 21.5. The van der Waals surface area contributed by atoms with Crippen LogP contribution in [0.2, 0.25) is 5.02 Å². The molecule has 2 unspecified atom stereocenters. The molecular formula is C18H15ClN6O2. The van der Waals surface area contributed by atoms with Crippen molar-refractivity contribution in [2.45, 2.75) is 13.0 Å². The highest BCUT2D eigenvalue weighted by atomic mass is 35.5. The van der Waals surface area contributed by atoms with E-state index in [0.717, 1.165) is 6.21 Å². The van der Waals surface area contributed by atoms with E-state index in [0.29, 0.717) is 21.5 Å². The maximum Gasteiger partial charge on any atom is 0.266 e. The molecule has 27 heavy (non-hydrogen) atoms. The van der Waals surface area contributed by atoms with Gasteiger partial charge in [-0.2, -0.15) is 5.26 Å². The summed E-state index contributed by atoms with van der Waals surface area (Å²) in [4.78, 5) is 17.4. The highest BCUT2D eigenvalue weighted by Crippen LogP contribution is 2.26. The molecule has 3 N–H and O–H groups in total. The molecule has 0 saturated carbocycles. The molecule has 2 heterocycles. The third-order valence-electron chi connectivity index (χ3n) is 4.07. The van der Waals surface area contributed by atoms with Gasteiger partial charge >= 0.3 is 0 Å². The number of aromatic nitrogens is 2. The summed E-state index contributed by atoms with van der Waals surface area (Å²) in [5.41, 5.74) is 5.98. The smallest absolute Gasteiger partial charge is 0.266 e. The van der Waals surface area contributed by atoms with Crippen LogP contribution in [0.25, 0.3) is 16.6 Å². The van der Waals surface area contributed by atoms with E-state index in [9.17, 15) is 4.79 Å². The van der Waals surface area contributed by atoms with Crippen LogP contribution in [-0.4, -0.2) is 21.8 Å². The molecule has 2 aromatic heterocycles. The van der Waals surface area contributed by atoms with Crippen LogP contribution in [0.1, 0.15) is 18.7 Å². The molecule has 0 aliphatic rings. The van der Waals surface area contributed by atoms with Gasteiger partial charge in [-0.3, -0.25) is 14.4 Å². The van der Waals surface area contributed by atoms with Crippen molar-refractivity contribution in [3.8, 4) is 11.9 Å². The fourth-order valence-electron chi connectivity index (χ4n) is 2.76. The Bertz CT molecular complexity index is 1130. The average molecular weight is 383 g/mol. The number of benzene rings is 1. The number of rotatable bonds is 5. The summed E-state index contributed by atoms with van der Waals surface area (Å²) in [6.07, 6.45) is 2.27. The second kappa shape index (κ2) is 7.43. The molecular weight excluding hydrogens is 368 g/mol. The van der Waals surface area contributed by atoms with Gasteiger partial charge in [0.2, 0.25) is 0 Å². The molecule has 8 nitrogen and oxygen atoms in total. The Morgan fingerprint density at radius 1 is 1.52 bits per heavy atom. The topological polar surface area (TPSA) is 134 Å². The number of fused-ring (bicyclic) bond motifs is 1. The first kappa shape index (κ1) is 18.4. The van der Waals surface area contributed by atoms with Crippen molar-refractivity contribution < 1.29 is 4.52 Å². The molecule has 0 bridgehead atoms. The zero-order valence-electron chi connectivity index (χ0n) is 14.3. The molecule has 0 fully saturated rings. The molecule has 9 heteroatoms. The van der Waals surface area contributed by atoms with Crippen LogP contribution in [0.5, 0.6) is 0 Å². The highest BCUT2D eigenvalue weighted by molar-refractivity contribution is 6.35. The predicted octanol–water partition coefficient (Wildman–Crippen LogP) is 2.84. The van der Waals surface area contributed by atoms with Crippen molar-refractivity contribution in [1.82, 2.24) is 9.72 Å². The van der Waals surface area contributed by atoms with Crippen LogP contribution in [-0.2, 0) is 0 Å². The molecule has 1 aromatic carbocycles. The number of nitriles is 1. The van der Waals surface area contributed by atoms with Crippen molar-refractivity contribution in [3.63, 3.8) is 0 Å². The number of nitrogens with one attached hydrogen (secondary N) is 1. The van der Waals surface area contributed by atoms with E-state index in [1.807, 2.05) is 6.07 Å². The Morgan fingerprint density at radius 3 is 2.93 bits per heavy atom. The lowest BCUT2D eigenvalue weighted by Crippen LogP contribution is -2.27. The van der Waals surface area contributed by atoms with E-state index in [1.165, 1.54) is 10.8 Å². The average Bonchev–Trinajstić information content (AvgIpc) is 3.16. The molecule has 2 atom stereocenters. The Hall–Kier alpha value is -3.44. The minimum atomic E-state index is -0.936. The Labute approximate surface area is 159 Å². The number of aliphatic imine (C=N–C) groups is 1. The van der Waals surface area contributed by atoms with Crippen LogP contribution in [0.15, 0.2) is 50.9 Å². The van der Waals surface area contributed by atoms with Gasteiger partial charge in [0.15, 0.2) is 5.82 Å². The zero-order chi connectivity index (χ0) is 19.6. The van der Waals surface area contributed by atoms with Crippen LogP contribution in [0.4, 0.5) is 0 Å². The Kier molecular flexibility index (Phi) is 5.05. The molecule has 3 aromatic rings. The first-order chi connectivity index (χ1) is 13.0. The SMILES string of the molecule is CC(N=C(N)C(C#N)C=N)c1cc2cccc(Cl)c2c(=O)n1-c1ccon1. The maximum atomic E-state index is 13.1. The van der Waals surface area contributed by atoms with E-state index in [1.54, 1.807) is 37.3 Å². The number of nitrogens with zero attached hydrogens (tertiary/aromatic N) is 4. The molecule has 0 saturated heterocycles. The van der Waals surface area contributed by atoms with E-state index in [-0.39, 0.29) is 17.2 Å². The van der Waals surface area contributed by atoms with Crippen LogP contribution >= 0.6 is 11.6 Å². The minimum Gasteiger partial charge on any atom is -0.386 e.